The minimum atomic E-state index is -0.948. The van der Waals surface area contributed by atoms with Crippen LogP contribution in [0.2, 0.25) is 0 Å². The Hall–Kier alpha value is -1.06. The van der Waals surface area contributed by atoms with E-state index < -0.39 is 11.9 Å². The van der Waals surface area contributed by atoms with E-state index >= 15 is 0 Å². The Labute approximate surface area is 91.3 Å². The van der Waals surface area contributed by atoms with Gasteiger partial charge < -0.3 is 10.2 Å². The highest BCUT2D eigenvalue weighted by Gasteiger charge is 1.99. The van der Waals surface area contributed by atoms with Crippen LogP contribution in [0, 0.1) is 5.92 Å². The van der Waals surface area contributed by atoms with E-state index in [4.69, 9.17) is 10.2 Å². The Kier molecular flexibility index (Phi) is 12.0. The molecule has 0 unspecified atom stereocenters. The molecule has 0 aliphatic rings. The highest BCUT2D eigenvalue weighted by atomic mass is 16.4. The molecule has 0 aromatic heterocycles. The third-order valence-electron chi connectivity index (χ3n) is 2.18. The Morgan fingerprint density at radius 1 is 1.00 bits per heavy atom. The van der Waals surface area contributed by atoms with Crippen LogP contribution in [-0.2, 0) is 9.59 Å². The van der Waals surface area contributed by atoms with Crippen molar-refractivity contribution in [3.63, 3.8) is 0 Å². The molecule has 0 radical (unpaired) electrons. The Bertz CT molecular complexity index is 159. The summed E-state index contributed by atoms with van der Waals surface area (Å²) in [6, 6.07) is 0. The van der Waals surface area contributed by atoms with E-state index in [-0.39, 0.29) is 19.3 Å². The van der Waals surface area contributed by atoms with E-state index in [2.05, 4.69) is 20.8 Å². The van der Waals surface area contributed by atoms with Crippen molar-refractivity contribution in [1.82, 2.24) is 0 Å². The predicted octanol–water partition coefficient (Wildman–Crippen LogP) is 2.77. The number of carbonyl (C=O) groups is 2. The number of hydrogen-bond donors (Lipinski definition) is 2. The zero-order chi connectivity index (χ0) is 12.3. The van der Waals surface area contributed by atoms with Crippen LogP contribution in [0.4, 0.5) is 0 Å². The van der Waals surface area contributed by atoms with Crippen LogP contribution in [0.3, 0.4) is 0 Å². The molecule has 0 spiro atoms. The highest BCUT2D eigenvalue weighted by Crippen LogP contribution is 2.02. The first-order valence-electron chi connectivity index (χ1n) is 5.37. The summed E-state index contributed by atoms with van der Waals surface area (Å²) in [7, 11) is 0. The monoisotopic (exact) mass is 218 g/mol. The van der Waals surface area contributed by atoms with E-state index in [1.54, 1.807) is 0 Å². The number of carboxylic acids is 2. The van der Waals surface area contributed by atoms with Gasteiger partial charge in [0.25, 0.3) is 0 Å². The number of hydrogen-bond acceptors (Lipinski definition) is 2. The third-order valence-corrected chi connectivity index (χ3v) is 2.18. The molecule has 0 fully saturated rings. The van der Waals surface area contributed by atoms with Crippen LogP contribution >= 0.6 is 0 Å². The fraction of sp³-hybridized carbons (Fsp3) is 0.818. The van der Waals surface area contributed by atoms with E-state index in [0.29, 0.717) is 0 Å². The quantitative estimate of drug-likeness (QED) is 0.718. The van der Waals surface area contributed by atoms with Crippen molar-refractivity contribution in [3.8, 4) is 0 Å². The van der Waals surface area contributed by atoms with Crippen molar-refractivity contribution in [3.05, 3.63) is 0 Å². The van der Waals surface area contributed by atoms with Gasteiger partial charge in [0.05, 0.1) is 0 Å². The van der Waals surface area contributed by atoms with Gasteiger partial charge in [-0.15, -0.1) is 0 Å². The number of aliphatic carboxylic acids is 2. The molecule has 0 aliphatic carbocycles. The third kappa shape index (κ3) is 19.4. The number of carboxylic acid groups (broad SMARTS) is 2. The molecule has 0 atom stereocenters. The predicted molar refractivity (Wildman–Crippen MR) is 58.9 cm³/mol. The minimum absolute atomic E-state index is 0.0632. The maximum atomic E-state index is 9.79. The van der Waals surface area contributed by atoms with Crippen molar-refractivity contribution in [2.75, 3.05) is 0 Å². The molecular weight excluding hydrogens is 196 g/mol. The summed E-state index contributed by atoms with van der Waals surface area (Å²) in [6.45, 7) is 6.74. The highest BCUT2D eigenvalue weighted by molar-refractivity contribution is 5.69. The normalized spacial score (nSPS) is 9.33. The summed E-state index contributed by atoms with van der Waals surface area (Å²) in [5, 5.41) is 16.1. The van der Waals surface area contributed by atoms with Gasteiger partial charge in [-0.05, 0) is 12.3 Å². The van der Waals surface area contributed by atoms with Crippen molar-refractivity contribution in [2.45, 2.75) is 52.9 Å². The van der Waals surface area contributed by atoms with Gasteiger partial charge in [0, 0.05) is 12.8 Å². The molecule has 0 rings (SSSR count). The van der Waals surface area contributed by atoms with Crippen LogP contribution in [0.1, 0.15) is 52.9 Å². The fourth-order valence-corrected chi connectivity index (χ4v) is 0.680. The molecule has 0 bridgehead atoms. The molecule has 0 aromatic rings. The smallest absolute Gasteiger partial charge is 0.303 e. The second-order valence-corrected chi connectivity index (χ2v) is 3.56. The number of rotatable bonds is 6. The molecule has 90 valence electrons. The standard InChI is InChI=1S/C6H14.C5H8O4/c1-4-6(3)5-2;6-4(7)2-1-3-5(8)9/h6H,4-5H2,1-3H3;1-3H2,(H,6,7)(H,8,9). The Balaban J connectivity index is 0. The van der Waals surface area contributed by atoms with Gasteiger partial charge in [-0.3, -0.25) is 9.59 Å². The van der Waals surface area contributed by atoms with Gasteiger partial charge >= 0.3 is 11.9 Å². The molecule has 0 amide bonds. The molecule has 15 heavy (non-hydrogen) atoms. The first-order chi connectivity index (χ1) is 6.93. The summed E-state index contributed by atoms with van der Waals surface area (Å²) < 4.78 is 0. The first-order valence-corrected chi connectivity index (χ1v) is 5.37. The lowest BCUT2D eigenvalue weighted by Crippen LogP contribution is -1.98. The average molecular weight is 218 g/mol. The lowest BCUT2D eigenvalue weighted by molar-refractivity contribution is -0.138. The SMILES string of the molecule is CCC(C)CC.O=C(O)CCCC(=O)O. The summed E-state index contributed by atoms with van der Waals surface area (Å²) in [4.78, 5) is 19.6. The summed E-state index contributed by atoms with van der Waals surface area (Å²) in [5.41, 5.74) is 0. The summed E-state index contributed by atoms with van der Waals surface area (Å²) in [5.74, 6) is -0.961. The van der Waals surface area contributed by atoms with Crippen LogP contribution in [0.25, 0.3) is 0 Å². The van der Waals surface area contributed by atoms with Crippen LogP contribution in [0.15, 0.2) is 0 Å². The van der Waals surface area contributed by atoms with Gasteiger partial charge in [-0.1, -0.05) is 33.6 Å². The maximum Gasteiger partial charge on any atom is 0.303 e. The molecular formula is C11H22O4. The van der Waals surface area contributed by atoms with Gasteiger partial charge in [0.2, 0.25) is 0 Å². The van der Waals surface area contributed by atoms with Crippen molar-refractivity contribution >= 4 is 11.9 Å². The molecule has 2 N–H and O–H groups in total. The van der Waals surface area contributed by atoms with Gasteiger partial charge in [-0.2, -0.15) is 0 Å². The molecule has 0 aromatic carbocycles. The lowest BCUT2D eigenvalue weighted by Gasteiger charge is -1.98. The molecule has 4 nitrogen and oxygen atoms in total. The van der Waals surface area contributed by atoms with E-state index in [0.717, 1.165) is 5.92 Å². The van der Waals surface area contributed by atoms with Gasteiger partial charge in [0.15, 0.2) is 0 Å². The molecule has 0 saturated heterocycles. The van der Waals surface area contributed by atoms with Gasteiger partial charge in [-0.25, -0.2) is 0 Å². The second-order valence-electron chi connectivity index (χ2n) is 3.56. The molecule has 0 aliphatic heterocycles. The molecule has 0 heterocycles. The van der Waals surface area contributed by atoms with Gasteiger partial charge in [0.1, 0.15) is 0 Å². The average Bonchev–Trinajstić information content (AvgIpc) is 2.16. The van der Waals surface area contributed by atoms with E-state index in [9.17, 15) is 9.59 Å². The lowest BCUT2D eigenvalue weighted by atomic mass is 10.1. The van der Waals surface area contributed by atoms with E-state index in [1.807, 2.05) is 0 Å². The van der Waals surface area contributed by atoms with Crippen LogP contribution in [-0.4, -0.2) is 22.2 Å². The maximum absolute atomic E-state index is 9.79. The Morgan fingerprint density at radius 3 is 1.47 bits per heavy atom. The molecule has 0 saturated carbocycles. The largest absolute Gasteiger partial charge is 0.481 e. The van der Waals surface area contributed by atoms with E-state index in [1.165, 1.54) is 12.8 Å². The van der Waals surface area contributed by atoms with Crippen molar-refractivity contribution < 1.29 is 19.8 Å². The second kappa shape index (κ2) is 11.0. The zero-order valence-corrected chi connectivity index (χ0v) is 9.82. The van der Waals surface area contributed by atoms with Crippen LogP contribution < -0.4 is 0 Å². The summed E-state index contributed by atoms with van der Waals surface area (Å²) >= 11 is 0. The zero-order valence-electron chi connectivity index (χ0n) is 9.82. The Morgan fingerprint density at radius 2 is 1.33 bits per heavy atom. The molecule has 4 heteroatoms. The minimum Gasteiger partial charge on any atom is -0.481 e. The summed E-state index contributed by atoms with van der Waals surface area (Å²) in [6.07, 6.45) is 2.75. The fourth-order valence-electron chi connectivity index (χ4n) is 0.680. The van der Waals surface area contributed by atoms with Crippen molar-refractivity contribution in [1.29, 1.82) is 0 Å². The van der Waals surface area contributed by atoms with Crippen molar-refractivity contribution in [2.24, 2.45) is 5.92 Å². The van der Waals surface area contributed by atoms with Crippen LogP contribution in [0.5, 0.6) is 0 Å². The topological polar surface area (TPSA) is 74.6 Å². The first kappa shape index (κ1) is 16.4.